The van der Waals surface area contributed by atoms with Crippen LogP contribution < -0.4 is 4.90 Å². The highest BCUT2D eigenvalue weighted by molar-refractivity contribution is 7.91. The number of hydrogen-bond donors (Lipinski definition) is 0. The van der Waals surface area contributed by atoms with Crippen molar-refractivity contribution >= 4 is 15.5 Å². The summed E-state index contributed by atoms with van der Waals surface area (Å²) >= 11 is 0. The maximum atomic E-state index is 12.6. The summed E-state index contributed by atoms with van der Waals surface area (Å²) < 4.78 is 53.4. The SMILES string of the molecule is Cc1noc(C)c1CN1CCN(c2ccc(S(=O)(=O)C(F)F)cc2)CC1. The molecule has 6 nitrogen and oxygen atoms in total. The predicted molar refractivity (Wildman–Crippen MR) is 93.1 cm³/mol. The monoisotopic (exact) mass is 385 g/mol. The van der Waals surface area contributed by atoms with Crippen molar-refractivity contribution in [3.63, 3.8) is 0 Å². The van der Waals surface area contributed by atoms with Gasteiger partial charge in [-0.1, -0.05) is 5.16 Å². The Morgan fingerprint density at radius 3 is 2.23 bits per heavy atom. The van der Waals surface area contributed by atoms with Crippen LogP contribution in [0.4, 0.5) is 14.5 Å². The van der Waals surface area contributed by atoms with Crippen LogP contribution in [0.15, 0.2) is 33.7 Å². The minimum absolute atomic E-state index is 0.353. The zero-order chi connectivity index (χ0) is 18.9. The van der Waals surface area contributed by atoms with Crippen LogP contribution in [0.3, 0.4) is 0 Å². The molecule has 9 heteroatoms. The third-order valence-corrected chi connectivity index (χ3v) is 6.10. The second kappa shape index (κ2) is 7.32. The van der Waals surface area contributed by atoms with Crippen LogP contribution in [0.25, 0.3) is 0 Å². The Balaban J connectivity index is 1.61. The molecule has 26 heavy (non-hydrogen) atoms. The summed E-state index contributed by atoms with van der Waals surface area (Å²) in [6, 6.07) is 5.65. The van der Waals surface area contributed by atoms with Gasteiger partial charge in [-0.05, 0) is 38.1 Å². The molecule has 0 saturated carbocycles. The van der Waals surface area contributed by atoms with E-state index in [4.69, 9.17) is 4.52 Å². The molecule has 1 aromatic heterocycles. The molecule has 0 atom stereocenters. The molecule has 0 N–H and O–H groups in total. The molecule has 0 unspecified atom stereocenters. The van der Waals surface area contributed by atoms with E-state index in [1.165, 1.54) is 12.1 Å². The Morgan fingerprint density at radius 1 is 1.12 bits per heavy atom. The maximum Gasteiger partial charge on any atom is 0.341 e. The van der Waals surface area contributed by atoms with Gasteiger partial charge >= 0.3 is 5.76 Å². The molecule has 0 bridgehead atoms. The van der Waals surface area contributed by atoms with Gasteiger partial charge in [0, 0.05) is 44.0 Å². The molecule has 0 aliphatic carbocycles. The fraction of sp³-hybridized carbons (Fsp3) is 0.471. The highest BCUT2D eigenvalue weighted by Crippen LogP contribution is 2.24. The van der Waals surface area contributed by atoms with Crippen molar-refractivity contribution < 1.29 is 21.7 Å². The van der Waals surface area contributed by atoms with Crippen LogP contribution in [0.1, 0.15) is 17.0 Å². The quantitative estimate of drug-likeness (QED) is 0.788. The van der Waals surface area contributed by atoms with E-state index >= 15 is 0 Å². The minimum atomic E-state index is -4.55. The second-order valence-corrected chi connectivity index (χ2v) is 8.28. The van der Waals surface area contributed by atoms with Crippen molar-refractivity contribution in [2.24, 2.45) is 0 Å². The van der Waals surface area contributed by atoms with Gasteiger partial charge in [0.05, 0.1) is 10.6 Å². The molecule has 1 aromatic carbocycles. The third-order valence-electron chi connectivity index (χ3n) is 4.70. The first-order valence-corrected chi connectivity index (χ1v) is 9.85. The molecule has 1 fully saturated rings. The van der Waals surface area contributed by atoms with E-state index < -0.39 is 15.6 Å². The summed E-state index contributed by atoms with van der Waals surface area (Å²) in [6.45, 7) is 7.81. The Morgan fingerprint density at radius 2 is 1.73 bits per heavy atom. The number of aromatic nitrogens is 1. The highest BCUT2D eigenvalue weighted by atomic mass is 32.2. The Labute approximate surface area is 151 Å². The predicted octanol–water partition coefficient (Wildman–Crippen LogP) is 2.61. The molecule has 3 rings (SSSR count). The van der Waals surface area contributed by atoms with Crippen LogP contribution in [0, 0.1) is 13.8 Å². The molecule has 1 aliphatic rings. The molecule has 1 aliphatic heterocycles. The molecule has 1 saturated heterocycles. The summed E-state index contributed by atoms with van der Waals surface area (Å²) in [5.41, 5.74) is 2.84. The van der Waals surface area contributed by atoms with Gasteiger partial charge in [0.15, 0.2) is 0 Å². The number of alkyl halides is 2. The zero-order valence-corrected chi connectivity index (χ0v) is 15.5. The van der Waals surface area contributed by atoms with Crippen LogP contribution >= 0.6 is 0 Å². The summed E-state index contributed by atoms with van der Waals surface area (Å²) in [4.78, 5) is 4.06. The standard InChI is InChI=1S/C17H21F2N3O3S/c1-12-16(13(2)25-20-12)11-21-7-9-22(10-8-21)14-3-5-15(6-4-14)26(23,24)17(18)19/h3-6,17H,7-11H2,1-2H3. The van der Waals surface area contributed by atoms with Crippen molar-refractivity contribution in [2.75, 3.05) is 31.1 Å². The van der Waals surface area contributed by atoms with E-state index in [2.05, 4.69) is 15.0 Å². The Bertz CT molecular complexity index is 838. The van der Waals surface area contributed by atoms with Crippen molar-refractivity contribution in [3.8, 4) is 0 Å². The summed E-state index contributed by atoms with van der Waals surface area (Å²) in [7, 11) is -4.55. The van der Waals surface area contributed by atoms with Gasteiger partial charge in [0.25, 0.3) is 0 Å². The van der Waals surface area contributed by atoms with Crippen molar-refractivity contribution in [1.29, 1.82) is 0 Å². The van der Waals surface area contributed by atoms with Crippen molar-refractivity contribution in [3.05, 3.63) is 41.3 Å². The van der Waals surface area contributed by atoms with E-state index in [1.54, 1.807) is 12.1 Å². The van der Waals surface area contributed by atoms with Crippen LogP contribution in [0.2, 0.25) is 0 Å². The highest BCUT2D eigenvalue weighted by Gasteiger charge is 2.27. The fourth-order valence-corrected chi connectivity index (χ4v) is 3.79. The summed E-state index contributed by atoms with van der Waals surface area (Å²) in [6.07, 6.45) is 0. The second-order valence-electron chi connectivity index (χ2n) is 6.37. The van der Waals surface area contributed by atoms with Crippen molar-refractivity contribution in [2.45, 2.75) is 31.0 Å². The lowest BCUT2D eigenvalue weighted by molar-refractivity contribution is 0.234. The average Bonchev–Trinajstić information content (AvgIpc) is 2.94. The lowest BCUT2D eigenvalue weighted by Crippen LogP contribution is -2.46. The number of hydrogen-bond acceptors (Lipinski definition) is 6. The number of sulfone groups is 1. The molecular weight excluding hydrogens is 364 g/mol. The number of nitrogens with zero attached hydrogens (tertiary/aromatic N) is 3. The van der Waals surface area contributed by atoms with Gasteiger partial charge < -0.3 is 9.42 Å². The van der Waals surface area contributed by atoms with Gasteiger partial charge in [-0.3, -0.25) is 4.90 Å². The topological polar surface area (TPSA) is 66.7 Å². The lowest BCUT2D eigenvalue weighted by Gasteiger charge is -2.36. The summed E-state index contributed by atoms with van der Waals surface area (Å²) in [5, 5.41) is 3.97. The molecule has 142 valence electrons. The Kier molecular flexibility index (Phi) is 5.29. The third kappa shape index (κ3) is 3.73. The molecule has 2 aromatic rings. The van der Waals surface area contributed by atoms with E-state index in [-0.39, 0.29) is 4.90 Å². The van der Waals surface area contributed by atoms with Crippen LogP contribution in [-0.2, 0) is 16.4 Å². The average molecular weight is 385 g/mol. The van der Waals surface area contributed by atoms with E-state index in [0.29, 0.717) is 0 Å². The molecule has 2 heterocycles. The number of piperazine rings is 1. The largest absolute Gasteiger partial charge is 0.369 e. The first-order chi connectivity index (χ1) is 12.3. The van der Waals surface area contributed by atoms with Gasteiger partial charge in [0.2, 0.25) is 9.84 Å². The van der Waals surface area contributed by atoms with Crippen LogP contribution in [0.5, 0.6) is 0 Å². The zero-order valence-electron chi connectivity index (χ0n) is 14.7. The number of halogens is 2. The number of rotatable bonds is 5. The molecule has 0 radical (unpaired) electrons. The lowest BCUT2D eigenvalue weighted by atomic mass is 10.1. The molecule has 0 spiro atoms. The van der Waals surface area contributed by atoms with Crippen LogP contribution in [-0.4, -0.2) is 50.4 Å². The summed E-state index contributed by atoms with van der Waals surface area (Å²) in [5.74, 6) is -2.57. The number of benzene rings is 1. The fourth-order valence-electron chi connectivity index (χ4n) is 3.06. The number of anilines is 1. The Hall–Kier alpha value is -2.00. The normalized spacial score (nSPS) is 16.4. The van der Waals surface area contributed by atoms with E-state index in [0.717, 1.165) is 55.4 Å². The molecule has 0 amide bonds. The van der Waals surface area contributed by atoms with E-state index in [1.807, 2.05) is 13.8 Å². The smallest absolute Gasteiger partial charge is 0.341 e. The molecular formula is C17H21F2N3O3S. The number of aryl methyl sites for hydroxylation is 2. The first kappa shape index (κ1) is 18.8. The van der Waals surface area contributed by atoms with Gasteiger partial charge in [0.1, 0.15) is 5.76 Å². The van der Waals surface area contributed by atoms with Gasteiger partial charge in [-0.2, -0.15) is 8.78 Å². The first-order valence-electron chi connectivity index (χ1n) is 8.30. The van der Waals surface area contributed by atoms with Gasteiger partial charge in [-0.25, -0.2) is 8.42 Å². The van der Waals surface area contributed by atoms with E-state index in [9.17, 15) is 17.2 Å². The minimum Gasteiger partial charge on any atom is -0.369 e. The van der Waals surface area contributed by atoms with Crippen molar-refractivity contribution in [1.82, 2.24) is 10.1 Å². The van der Waals surface area contributed by atoms with Gasteiger partial charge in [-0.15, -0.1) is 0 Å². The maximum absolute atomic E-state index is 12.6.